The van der Waals surface area contributed by atoms with E-state index in [0.717, 1.165) is 19.3 Å². The summed E-state index contributed by atoms with van der Waals surface area (Å²) in [4.78, 5) is 10.2. The Morgan fingerprint density at radius 2 is 1.77 bits per heavy atom. The van der Waals surface area contributed by atoms with Gasteiger partial charge in [0.15, 0.2) is 0 Å². The van der Waals surface area contributed by atoms with Crippen LogP contribution in [0, 0.1) is 0 Å². The summed E-state index contributed by atoms with van der Waals surface area (Å²) < 4.78 is 0. The van der Waals surface area contributed by atoms with Crippen LogP contribution < -0.4 is 0 Å². The predicted molar refractivity (Wildman–Crippen MR) is 51.8 cm³/mol. The molecular weight excluding hydrogens is 176 g/mol. The van der Waals surface area contributed by atoms with Crippen molar-refractivity contribution in [2.75, 3.05) is 0 Å². The SMILES string of the molecule is CCCCC=C(C)C(=O)O.O.O.O. The Kier molecular flexibility index (Phi) is 23.9. The van der Waals surface area contributed by atoms with Gasteiger partial charge in [0, 0.05) is 5.57 Å². The van der Waals surface area contributed by atoms with Crippen molar-refractivity contribution in [2.24, 2.45) is 0 Å². The zero-order chi connectivity index (χ0) is 7.98. The summed E-state index contributed by atoms with van der Waals surface area (Å²) in [6.45, 7) is 3.71. The highest BCUT2D eigenvalue weighted by Gasteiger charge is 1.96. The zero-order valence-electron chi connectivity index (χ0n) is 8.05. The number of aliphatic carboxylic acids is 1. The summed E-state index contributed by atoms with van der Waals surface area (Å²) in [6.07, 6.45) is 4.84. The van der Waals surface area contributed by atoms with E-state index in [1.54, 1.807) is 13.0 Å². The van der Waals surface area contributed by atoms with E-state index in [2.05, 4.69) is 6.92 Å². The molecule has 0 spiro atoms. The van der Waals surface area contributed by atoms with Crippen molar-refractivity contribution in [1.82, 2.24) is 0 Å². The first kappa shape index (κ1) is 22.7. The maximum atomic E-state index is 10.2. The molecule has 0 unspecified atom stereocenters. The molecule has 0 aromatic heterocycles. The number of allylic oxidation sites excluding steroid dienone is 1. The molecule has 0 saturated heterocycles. The van der Waals surface area contributed by atoms with Crippen molar-refractivity contribution in [2.45, 2.75) is 33.1 Å². The van der Waals surface area contributed by atoms with Gasteiger partial charge in [0.2, 0.25) is 0 Å². The van der Waals surface area contributed by atoms with E-state index in [4.69, 9.17) is 5.11 Å². The van der Waals surface area contributed by atoms with Crippen LogP contribution in [0.25, 0.3) is 0 Å². The van der Waals surface area contributed by atoms with Gasteiger partial charge in [-0.25, -0.2) is 4.79 Å². The molecular formula is C8H20O5. The third-order valence-corrected chi connectivity index (χ3v) is 1.35. The predicted octanol–water partition coefficient (Wildman–Crippen LogP) is -0.267. The van der Waals surface area contributed by atoms with E-state index in [-0.39, 0.29) is 16.4 Å². The lowest BCUT2D eigenvalue weighted by atomic mass is 10.2. The molecule has 0 aliphatic heterocycles. The third-order valence-electron chi connectivity index (χ3n) is 1.35. The molecule has 0 bridgehead atoms. The monoisotopic (exact) mass is 196 g/mol. The molecule has 0 rings (SSSR count). The van der Waals surface area contributed by atoms with Crippen LogP contribution in [-0.2, 0) is 4.79 Å². The lowest BCUT2D eigenvalue weighted by Crippen LogP contribution is -1.95. The Balaban J connectivity index is -0.000000135. The average Bonchev–Trinajstić information content (AvgIpc) is 1.88. The molecule has 5 heteroatoms. The van der Waals surface area contributed by atoms with Crippen LogP contribution in [0.2, 0.25) is 0 Å². The molecule has 82 valence electrons. The van der Waals surface area contributed by atoms with Crippen molar-refractivity contribution in [3.05, 3.63) is 11.6 Å². The van der Waals surface area contributed by atoms with Crippen LogP contribution in [-0.4, -0.2) is 27.5 Å². The molecule has 0 aliphatic carbocycles. The number of carboxylic acids is 1. The van der Waals surface area contributed by atoms with Gasteiger partial charge in [-0.1, -0.05) is 25.8 Å². The Hall–Kier alpha value is -0.910. The molecule has 5 nitrogen and oxygen atoms in total. The van der Waals surface area contributed by atoms with Gasteiger partial charge in [0.1, 0.15) is 0 Å². The second-order valence-corrected chi connectivity index (χ2v) is 2.33. The van der Waals surface area contributed by atoms with Gasteiger partial charge < -0.3 is 21.5 Å². The number of hydrogen-bond donors (Lipinski definition) is 1. The molecule has 0 radical (unpaired) electrons. The first-order valence-electron chi connectivity index (χ1n) is 3.58. The minimum Gasteiger partial charge on any atom is -0.478 e. The second-order valence-electron chi connectivity index (χ2n) is 2.33. The number of carboxylic acid groups (broad SMARTS) is 1. The average molecular weight is 196 g/mol. The molecule has 0 aliphatic rings. The molecule has 0 aromatic rings. The molecule has 0 heterocycles. The number of unbranched alkanes of at least 4 members (excludes halogenated alkanes) is 2. The van der Waals surface area contributed by atoms with E-state index in [1.807, 2.05) is 0 Å². The van der Waals surface area contributed by atoms with E-state index in [1.165, 1.54) is 0 Å². The topological polar surface area (TPSA) is 132 Å². The van der Waals surface area contributed by atoms with Gasteiger partial charge in [-0.15, -0.1) is 0 Å². The van der Waals surface area contributed by atoms with Gasteiger partial charge in [-0.3, -0.25) is 0 Å². The van der Waals surface area contributed by atoms with Gasteiger partial charge in [-0.05, 0) is 13.3 Å². The summed E-state index contributed by atoms with van der Waals surface area (Å²) in [5.74, 6) is -0.809. The van der Waals surface area contributed by atoms with Crippen molar-refractivity contribution in [3.8, 4) is 0 Å². The Bertz CT molecular complexity index is 141. The first-order valence-corrected chi connectivity index (χ1v) is 3.58. The summed E-state index contributed by atoms with van der Waals surface area (Å²) >= 11 is 0. The zero-order valence-corrected chi connectivity index (χ0v) is 8.05. The molecule has 0 fully saturated rings. The summed E-state index contributed by atoms with van der Waals surface area (Å²) in [5.41, 5.74) is 0.452. The van der Waals surface area contributed by atoms with Crippen molar-refractivity contribution in [1.29, 1.82) is 0 Å². The molecule has 0 saturated carbocycles. The number of rotatable bonds is 4. The first-order chi connectivity index (χ1) is 4.68. The summed E-state index contributed by atoms with van der Waals surface area (Å²) in [6, 6.07) is 0. The lowest BCUT2D eigenvalue weighted by Gasteiger charge is -1.91. The van der Waals surface area contributed by atoms with Gasteiger partial charge in [-0.2, -0.15) is 0 Å². The minimum atomic E-state index is -0.809. The van der Waals surface area contributed by atoms with E-state index in [0.29, 0.717) is 5.57 Å². The van der Waals surface area contributed by atoms with Crippen LogP contribution in [0.5, 0.6) is 0 Å². The maximum absolute atomic E-state index is 10.2. The van der Waals surface area contributed by atoms with Crippen molar-refractivity contribution < 1.29 is 26.3 Å². The molecule has 13 heavy (non-hydrogen) atoms. The fourth-order valence-electron chi connectivity index (χ4n) is 0.610. The summed E-state index contributed by atoms with van der Waals surface area (Å²) in [7, 11) is 0. The molecule has 0 aromatic carbocycles. The Labute approximate surface area is 78.0 Å². The van der Waals surface area contributed by atoms with Crippen LogP contribution in [0.4, 0.5) is 0 Å². The third kappa shape index (κ3) is 14.0. The number of hydrogen-bond acceptors (Lipinski definition) is 1. The number of carbonyl (C=O) groups is 1. The quantitative estimate of drug-likeness (QED) is 0.489. The highest BCUT2D eigenvalue weighted by Crippen LogP contribution is 2.00. The van der Waals surface area contributed by atoms with Crippen LogP contribution in [0.1, 0.15) is 33.1 Å². The Morgan fingerprint density at radius 3 is 2.08 bits per heavy atom. The van der Waals surface area contributed by atoms with Gasteiger partial charge in [0.05, 0.1) is 0 Å². The van der Waals surface area contributed by atoms with E-state index in [9.17, 15) is 4.79 Å². The van der Waals surface area contributed by atoms with Crippen molar-refractivity contribution >= 4 is 5.97 Å². The van der Waals surface area contributed by atoms with Crippen molar-refractivity contribution in [3.63, 3.8) is 0 Å². The molecule has 7 N–H and O–H groups in total. The van der Waals surface area contributed by atoms with E-state index < -0.39 is 5.97 Å². The smallest absolute Gasteiger partial charge is 0.330 e. The minimum absolute atomic E-state index is 0. The lowest BCUT2D eigenvalue weighted by molar-refractivity contribution is -0.132. The highest BCUT2D eigenvalue weighted by molar-refractivity contribution is 5.85. The van der Waals surface area contributed by atoms with Crippen LogP contribution in [0.15, 0.2) is 11.6 Å². The second kappa shape index (κ2) is 13.7. The van der Waals surface area contributed by atoms with Gasteiger partial charge in [0.25, 0.3) is 0 Å². The summed E-state index contributed by atoms with van der Waals surface area (Å²) in [5, 5.41) is 8.41. The maximum Gasteiger partial charge on any atom is 0.330 e. The van der Waals surface area contributed by atoms with Crippen LogP contribution in [0.3, 0.4) is 0 Å². The van der Waals surface area contributed by atoms with E-state index >= 15 is 0 Å². The largest absolute Gasteiger partial charge is 0.478 e. The van der Waals surface area contributed by atoms with Gasteiger partial charge >= 0.3 is 5.97 Å². The molecule has 0 amide bonds. The fraction of sp³-hybridized carbons (Fsp3) is 0.625. The fourth-order valence-corrected chi connectivity index (χ4v) is 0.610. The van der Waals surface area contributed by atoms with Crippen LogP contribution >= 0.6 is 0 Å². The standard InChI is InChI=1S/C8H14O2.3H2O/c1-3-4-5-6-7(2)8(9)10;;;/h6H,3-5H2,1-2H3,(H,9,10);3*1H2. The molecule has 0 atom stereocenters. The Morgan fingerprint density at radius 1 is 1.31 bits per heavy atom. The highest BCUT2D eigenvalue weighted by atomic mass is 16.4. The normalized spacial score (nSPS) is 8.92.